The minimum Gasteiger partial charge on any atom is -0.481 e. The molecule has 6 heteroatoms. The van der Waals surface area contributed by atoms with Crippen LogP contribution in [0.15, 0.2) is 4.36 Å². The predicted octanol–water partition coefficient (Wildman–Crippen LogP) is 0.503. The topological polar surface area (TPSA) is 92.8 Å². The third-order valence-electron chi connectivity index (χ3n) is 1.91. The second-order valence-electron chi connectivity index (χ2n) is 3.86. The number of ketones is 1. The lowest BCUT2D eigenvalue weighted by Gasteiger charge is -2.15. The van der Waals surface area contributed by atoms with Crippen molar-refractivity contribution >= 4 is 24.2 Å². The molecule has 0 bridgehead atoms. The molecule has 0 aliphatic rings. The summed E-state index contributed by atoms with van der Waals surface area (Å²) >= 11 is 4.39. The van der Waals surface area contributed by atoms with E-state index in [1.807, 2.05) is 13.8 Å². The molecule has 0 amide bonds. The Hall–Kier alpha value is -0.880. The number of aliphatic carboxylic acids is 1. The van der Waals surface area contributed by atoms with E-state index in [-0.39, 0.29) is 18.1 Å². The van der Waals surface area contributed by atoms with Gasteiger partial charge in [-0.25, -0.2) is 4.36 Å². The lowest BCUT2D eigenvalue weighted by molar-refractivity contribution is -0.139. The zero-order valence-corrected chi connectivity index (χ0v) is 9.66. The van der Waals surface area contributed by atoms with Gasteiger partial charge in [0.25, 0.3) is 0 Å². The number of Topliss-reactive ketones (excluding diaryl/α,β-unsaturated/α-hetero) is 1. The van der Waals surface area contributed by atoms with Gasteiger partial charge in [-0.3, -0.25) is 9.59 Å². The molecular formula is C9H16N2O3S. The summed E-state index contributed by atoms with van der Waals surface area (Å²) < 4.78 is 3.33. The summed E-state index contributed by atoms with van der Waals surface area (Å²) in [7, 11) is 0. The second-order valence-corrected chi connectivity index (χ2v) is 4.07. The van der Waals surface area contributed by atoms with Crippen molar-refractivity contribution < 1.29 is 14.7 Å². The van der Waals surface area contributed by atoms with Crippen molar-refractivity contribution in [2.24, 2.45) is 16.0 Å². The first kappa shape index (κ1) is 14.1. The van der Waals surface area contributed by atoms with Crippen LogP contribution in [-0.2, 0) is 22.0 Å². The molecule has 0 heterocycles. The molecule has 0 aromatic rings. The van der Waals surface area contributed by atoms with Gasteiger partial charge >= 0.3 is 5.97 Å². The number of carboxylic acid groups (broad SMARTS) is 1. The van der Waals surface area contributed by atoms with Crippen LogP contribution in [0.1, 0.15) is 26.7 Å². The van der Waals surface area contributed by atoms with E-state index in [0.717, 1.165) is 0 Å². The monoisotopic (exact) mass is 232 g/mol. The van der Waals surface area contributed by atoms with Crippen molar-refractivity contribution in [3.8, 4) is 0 Å². The summed E-state index contributed by atoms with van der Waals surface area (Å²) in [6.45, 7) is 3.87. The zero-order valence-electron chi connectivity index (χ0n) is 8.84. The quantitative estimate of drug-likeness (QED) is 0.667. The Morgan fingerprint density at radius 1 is 1.47 bits per heavy atom. The maximum Gasteiger partial charge on any atom is 0.306 e. The van der Waals surface area contributed by atoms with Crippen LogP contribution in [0.4, 0.5) is 0 Å². The fraction of sp³-hybridized carbons (Fsp3) is 0.778. The molecule has 15 heavy (non-hydrogen) atoms. The first-order valence-electron chi connectivity index (χ1n) is 4.72. The van der Waals surface area contributed by atoms with Gasteiger partial charge in [-0.2, -0.15) is 0 Å². The number of nitrogens with zero attached hydrogens (tertiary/aromatic N) is 1. The number of hydrogen-bond acceptors (Lipinski definition) is 5. The summed E-state index contributed by atoms with van der Waals surface area (Å²) in [6, 6.07) is -1.67. The third-order valence-corrected chi connectivity index (χ3v) is 2.17. The first-order valence-corrected chi connectivity index (χ1v) is 5.08. The molecule has 0 saturated carbocycles. The van der Waals surface area contributed by atoms with Crippen LogP contribution in [0.2, 0.25) is 0 Å². The highest BCUT2D eigenvalue weighted by molar-refractivity contribution is 7.47. The van der Waals surface area contributed by atoms with Crippen LogP contribution in [-0.4, -0.2) is 28.9 Å². The summed E-state index contributed by atoms with van der Waals surface area (Å²) in [6.07, 6.45) is 0.133. The predicted molar refractivity (Wildman–Crippen MR) is 58.3 cm³/mol. The van der Waals surface area contributed by atoms with E-state index >= 15 is 0 Å². The second kappa shape index (κ2) is 6.58. The van der Waals surface area contributed by atoms with Crippen molar-refractivity contribution in [2.45, 2.75) is 38.8 Å². The molecule has 0 aliphatic carbocycles. The lowest BCUT2D eigenvalue weighted by Crippen LogP contribution is -2.39. The molecule has 0 fully saturated rings. The van der Waals surface area contributed by atoms with Crippen LogP contribution in [0, 0.1) is 5.92 Å². The van der Waals surface area contributed by atoms with Crippen LogP contribution in [0.25, 0.3) is 0 Å². The van der Waals surface area contributed by atoms with E-state index in [1.54, 1.807) is 0 Å². The Bertz CT molecular complexity index is 256. The van der Waals surface area contributed by atoms with Crippen LogP contribution < -0.4 is 5.73 Å². The van der Waals surface area contributed by atoms with E-state index in [9.17, 15) is 9.59 Å². The molecule has 0 rings (SSSR count). The Kier molecular flexibility index (Phi) is 6.19. The smallest absolute Gasteiger partial charge is 0.306 e. The molecule has 0 radical (unpaired) electrons. The average molecular weight is 232 g/mol. The first-order chi connectivity index (χ1) is 6.88. The van der Waals surface area contributed by atoms with Gasteiger partial charge in [0.2, 0.25) is 0 Å². The summed E-state index contributed by atoms with van der Waals surface area (Å²) in [5.74, 6) is -1.21. The lowest BCUT2D eigenvalue weighted by atomic mass is 9.96. The molecule has 5 nitrogen and oxygen atoms in total. The molecule has 2 atom stereocenters. The van der Waals surface area contributed by atoms with Crippen molar-refractivity contribution in [3.05, 3.63) is 0 Å². The molecule has 1 unspecified atom stereocenters. The molecule has 0 saturated heterocycles. The summed E-state index contributed by atoms with van der Waals surface area (Å²) in [5.41, 5.74) is 5.62. The van der Waals surface area contributed by atoms with Gasteiger partial charge in [0, 0.05) is 12.4 Å². The van der Waals surface area contributed by atoms with Crippen molar-refractivity contribution in [1.82, 2.24) is 0 Å². The van der Waals surface area contributed by atoms with E-state index in [0.29, 0.717) is 6.42 Å². The SMILES string of the molecule is CC(C)C[C@H](N)C(=O)C(CC(=O)O)N=S. The third kappa shape index (κ3) is 5.54. The Morgan fingerprint density at radius 2 is 2.00 bits per heavy atom. The number of carboxylic acids is 1. The maximum atomic E-state index is 11.6. The average Bonchev–Trinajstić information content (AvgIpc) is 2.11. The highest BCUT2D eigenvalue weighted by Crippen LogP contribution is 2.09. The van der Waals surface area contributed by atoms with Gasteiger partial charge in [-0.1, -0.05) is 13.8 Å². The molecule has 0 aliphatic heterocycles. The van der Waals surface area contributed by atoms with E-state index < -0.39 is 18.1 Å². The Balaban J connectivity index is 4.37. The molecule has 86 valence electrons. The van der Waals surface area contributed by atoms with Gasteiger partial charge in [0.1, 0.15) is 6.04 Å². The largest absolute Gasteiger partial charge is 0.481 e. The van der Waals surface area contributed by atoms with Crippen LogP contribution in [0.5, 0.6) is 0 Å². The number of nitrogens with two attached hydrogens (primary N) is 1. The van der Waals surface area contributed by atoms with Gasteiger partial charge in [0.05, 0.1) is 12.5 Å². The highest BCUT2D eigenvalue weighted by Gasteiger charge is 2.26. The minimum atomic E-state index is -1.10. The van der Waals surface area contributed by atoms with E-state index in [4.69, 9.17) is 10.8 Å². The van der Waals surface area contributed by atoms with Crippen molar-refractivity contribution in [2.75, 3.05) is 0 Å². The van der Waals surface area contributed by atoms with Gasteiger partial charge in [-0.15, -0.1) is 0 Å². The number of rotatable bonds is 7. The Labute approximate surface area is 94.2 Å². The van der Waals surface area contributed by atoms with Crippen molar-refractivity contribution in [1.29, 1.82) is 0 Å². The van der Waals surface area contributed by atoms with E-state index in [2.05, 4.69) is 16.8 Å². The highest BCUT2D eigenvalue weighted by atomic mass is 32.1. The van der Waals surface area contributed by atoms with Crippen molar-refractivity contribution in [3.63, 3.8) is 0 Å². The normalized spacial score (nSPS) is 14.7. The zero-order chi connectivity index (χ0) is 12.0. The molecule has 0 aromatic carbocycles. The number of carbonyl (C=O) groups is 2. The number of hydrogen-bond donors (Lipinski definition) is 2. The summed E-state index contributed by atoms with van der Waals surface area (Å²) in [5, 5.41) is 8.53. The molecule has 0 spiro atoms. The molecule has 3 N–H and O–H groups in total. The van der Waals surface area contributed by atoms with Crippen LogP contribution >= 0.6 is 0 Å². The summed E-state index contributed by atoms with van der Waals surface area (Å²) in [4.78, 5) is 22.0. The number of carbonyl (C=O) groups excluding carboxylic acids is 1. The molecule has 0 aromatic heterocycles. The Morgan fingerprint density at radius 3 is 2.33 bits per heavy atom. The minimum absolute atomic E-state index is 0.277. The van der Waals surface area contributed by atoms with E-state index in [1.165, 1.54) is 0 Å². The van der Waals surface area contributed by atoms with Gasteiger partial charge < -0.3 is 10.8 Å². The van der Waals surface area contributed by atoms with Gasteiger partial charge in [0.15, 0.2) is 5.78 Å². The fourth-order valence-electron chi connectivity index (χ4n) is 1.23. The van der Waals surface area contributed by atoms with Crippen LogP contribution in [0.3, 0.4) is 0 Å². The fourth-order valence-corrected chi connectivity index (χ4v) is 1.40. The standard InChI is InChI=1S/C9H16N2O3S/c1-5(2)3-6(10)9(14)7(11-15)4-8(12)13/h5-7H,3-4,10H2,1-2H3,(H,12,13)/t6-,7?/m0/s1. The molecular weight excluding hydrogens is 216 g/mol. The maximum absolute atomic E-state index is 11.6. The van der Waals surface area contributed by atoms with Gasteiger partial charge in [-0.05, 0) is 12.3 Å².